The minimum atomic E-state index is -0.378. The maximum absolute atomic E-state index is 12.5. The molecule has 1 heterocycles. The predicted octanol–water partition coefficient (Wildman–Crippen LogP) is 4.25. The molecule has 0 unspecified atom stereocenters. The van der Waals surface area contributed by atoms with Crippen molar-refractivity contribution in [3.63, 3.8) is 0 Å². The number of carbonyl (C=O) groups is 2. The van der Waals surface area contributed by atoms with Crippen LogP contribution in [0.1, 0.15) is 69.9 Å². The van der Waals surface area contributed by atoms with Crippen LogP contribution < -0.4 is 0 Å². The average molecular weight is 428 g/mol. The highest BCUT2D eigenvalue weighted by Gasteiger charge is 2.51. The van der Waals surface area contributed by atoms with Crippen molar-refractivity contribution >= 4 is 11.8 Å². The summed E-state index contributed by atoms with van der Waals surface area (Å²) in [6.45, 7) is 6.47. The molecule has 1 saturated heterocycles. The lowest BCUT2D eigenvalue weighted by Crippen LogP contribution is -2.59. The maximum Gasteiger partial charge on any atom is 0.308 e. The van der Waals surface area contributed by atoms with Crippen LogP contribution in [0.5, 0.6) is 5.75 Å². The van der Waals surface area contributed by atoms with Crippen LogP contribution in [0, 0.1) is 17.8 Å². The molecule has 4 rings (SSSR count). The van der Waals surface area contributed by atoms with E-state index in [1.165, 1.54) is 37.6 Å². The molecule has 2 fully saturated rings. The molecule has 1 N–H and O–H groups in total. The number of esters is 1. The van der Waals surface area contributed by atoms with Crippen molar-refractivity contribution in [3.05, 3.63) is 29.3 Å². The molecule has 5 nitrogen and oxygen atoms in total. The Morgan fingerprint density at radius 3 is 2.81 bits per heavy atom. The summed E-state index contributed by atoms with van der Waals surface area (Å²) in [6, 6.07) is 6.46. The van der Waals surface area contributed by atoms with Crippen molar-refractivity contribution in [2.45, 2.75) is 76.7 Å². The van der Waals surface area contributed by atoms with Crippen LogP contribution in [0.2, 0.25) is 0 Å². The molecule has 0 amide bonds. The van der Waals surface area contributed by atoms with E-state index in [9.17, 15) is 14.7 Å². The third-order valence-corrected chi connectivity index (χ3v) is 8.23. The quantitative estimate of drug-likeness (QED) is 0.597. The molecule has 2 bridgehead atoms. The number of hydrogen-bond acceptors (Lipinski definition) is 5. The Hall–Kier alpha value is -1.88. The van der Waals surface area contributed by atoms with Gasteiger partial charge in [0.25, 0.3) is 0 Å². The number of ether oxygens (including phenoxy) is 1. The predicted molar refractivity (Wildman–Crippen MR) is 120 cm³/mol. The largest absolute Gasteiger partial charge is 0.508 e. The first kappa shape index (κ1) is 22.3. The number of piperidine rings is 1. The van der Waals surface area contributed by atoms with Gasteiger partial charge in [0.1, 0.15) is 11.5 Å². The molecule has 4 atom stereocenters. The van der Waals surface area contributed by atoms with Gasteiger partial charge in [0, 0.05) is 30.8 Å². The average Bonchev–Trinajstić information content (AvgIpc) is 3.56. The number of benzene rings is 1. The van der Waals surface area contributed by atoms with E-state index in [1.54, 1.807) is 6.92 Å². The molecule has 1 aromatic carbocycles. The second kappa shape index (κ2) is 8.93. The lowest BCUT2D eigenvalue weighted by Gasteiger charge is -2.56. The van der Waals surface area contributed by atoms with Crippen LogP contribution in [0.4, 0.5) is 0 Å². The standard InChI is InChI=1S/C26H37NO4/c1-17(25(30)31-3)13-21(28)5-4-10-26-11-12-27(16-19-6-7-19)24(18(26)2)14-20-8-9-22(29)15-23(20)26/h8-9,15,17-19,24,29H,4-7,10-14,16H2,1-3H3/t17-,18+,24-,26-/m1/s1. The van der Waals surface area contributed by atoms with Gasteiger partial charge in [0.15, 0.2) is 0 Å². The number of phenolic OH excluding ortho intramolecular Hbond substituents is 1. The molecule has 0 radical (unpaired) electrons. The smallest absolute Gasteiger partial charge is 0.308 e. The molecule has 1 saturated carbocycles. The molecular weight excluding hydrogens is 390 g/mol. The monoisotopic (exact) mass is 427 g/mol. The Balaban J connectivity index is 1.48. The first-order chi connectivity index (χ1) is 14.8. The third-order valence-electron chi connectivity index (χ3n) is 8.23. The summed E-state index contributed by atoms with van der Waals surface area (Å²) >= 11 is 0. The van der Waals surface area contributed by atoms with Crippen LogP contribution in [-0.2, 0) is 26.2 Å². The summed E-state index contributed by atoms with van der Waals surface area (Å²) in [5.74, 6) is 1.16. The molecule has 1 aliphatic heterocycles. The zero-order valence-corrected chi connectivity index (χ0v) is 19.2. The normalized spacial score (nSPS) is 28.6. The van der Waals surface area contributed by atoms with E-state index in [4.69, 9.17) is 4.74 Å². The summed E-state index contributed by atoms with van der Waals surface area (Å²) in [7, 11) is 1.37. The number of nitrogens with zero attached hydrogens (tertiary/aromatic N) is 1. The number of hydrogen-bond donors (Lipinski definition) is 1. The van der Waals surface area contributed by atoms with Gasteiger partial charge in [-0.05, 0) is 80.2 Å². The van der Waals surface area contributed by atoms with Gasteiger partial charge in [-0.2, -0.15) is 0 Å². The fraction of sp³-hybridized carbons (Fsp3) is 0.692. The van der Waals surface area contributed by atoms with Gasteiger partial charge < -0.3 is 9.84 Å². The molecule has 31 heavy (non-hydrogen) atoms. The highest BCUT2D eigenvalue weighted by Crippen LogP contribution is 2.52. The molecule has 3 aliphatic rings. The van der Waals surface area contributed by atoms with Gasteiger partial charge in [0.05, 0.1) is 13.0 Å². The van der Waals surface area contributed by atoms with E-state index in [-0.39, 0.29) is 29.5 Å². The SMILES string of the molecule is COC(=O)[C@H](C)CC(=O)CCC[C@]12CCN(CC3CC3)[C@H](Cc3ccc(O)cc31)[C@@H]2C. The van der Waals surface area contributed by atoms with Crippen LogP contribution in [0.15, 0.2) is 18.2 Å². The van der Waals surface area contributed by atoms with Crippen molar-refractivity contribution in [3.8, 4) is 5.75 Å². The van der Waals surface area contributed by atoms with Crippen molar-refractivity contribution in [2.75, 3.05) is 20.2 Å². The fourth-order valence-electron chi connectivity index (χ4n) is 6.21. The summed E-state index contributed by atoms with van der Waals surface area (Å²) in [4.78, 5) is 26.8. The van der Waals surface area contributed by atoms with Gasteiger partial charge in [-0.1, -0.05) is 19.9 Å². The van der Waals surface area contributed by atoms with E-state index in [2.05, 4.69) is 17.9 Å². The first-order valence-corrected chi connectivity index (χ1v) is 12.0. The van der Waals surface area contributed by atoms with Crippen molar-refractivity contribution in [2.24, 2.45) is 17.8 Å². The molecule has 5 heteroatoms. The number of rotatable bonds is 9. The molecule has 2 aliphatic carbocycles. The minimum absolute atomic E-state index is 0.0191. The van der Waals surface area contributed by atoms with Gasteiger partial charge in [-0.15, -0.1) is 0 Å². The second-order valence-electron chi connectivity index (χ2n) is 10.3. The number of phenols is 1. The van der Waals surface area contributed by atoms with Crippen LogP contribution in [0.25, 0.3) is 0 Å². The number of carbonyl (C=O) groups excluding carboxylic acids is 2. The van der Waals surface area contributed by atoms with Crippen LogP contribution in [0.3, 0.4) is 0 Å². The molecule has 1 aromatic rings. The molecule has 170 valence electrons. The molecule has 0 aromatic heterocycles. The first-order valence-electron chi connectivity index (χ1n) is 12.0. The van der Waals surface area contributed by atoms with Crippen LogP contribution >= 0.6 is 0 Å². The van der Waals surface area contributed by atoms with Crippen molar-refractivity contribution < 1.29 is 19.4 Å². The van der Waals surface area contributed by atoms with Gasteiger partial charge in [-0.3, -0.25) is 14.5 Å². The van der Waals surface area contributed by atoms with E-state index in [0.29, 0.717) is 24.1 Å². The Kier molecular flexibility index (Phi) is 6.43. The molecule has 0 spiro atoms. The topological polar surface area (TPSA) is 66.8 Å². The lowest BCUT2D eigenvalue weighted by molar-refractivity contribution is -0.146. The van der Waals surface area contributed by atoms with E-state index in [0.717, 1.165) is 38.1 Å². The maximum atomic E-state index is 12.5. The number of aromatic hydroxyl groups is 1. The Labute approximate surface area is 186 Å². The Morgan fingerprint density at radius 1 is 1.32 bits per heavy atom. The number of likely N-dealkylation sites (tertiary alicyclic amines) is 1. The summed E-state index contributed by atoms with van der Waals surface area (Å²) in [5.41, 5.74) is 2.69. The van der Waals surface area contributed by atoms with E-state index < -0.39 is 0 Å². The number of ketones is 1. The lowest BCUT2D eigenvalue weighted by atomic mass is 9.56. The number of fused-ring (bicyclic) bond motifs is 4. The summed E-state index contributed by atoms with van der Waals surface area (Å²) < 4.78 is 4.75. The third kappa shape index (κ3) is 4.52. The zero-order valence-electron chi connectivity index (χ0n) is 19.2. The number of methoxy groups -OCH3 is 1. The number of Topliss-reactive ketones (excluding diaryl/α,β-unsaturated/α-hetero) is 1. The van der Waals surface area contributed by atoms with E-state index >= 15 is 0 Å². The molecular formula is C26H37NO4. The van der Waals surface area contributed by atoms with Crippen molar-refractivity contribution in [1.82, 2.24) is 4.90 Å². The summed E-state index contributed by atoms with van der Waals surface area (Å²) in [5, 5.41) is 10.2. The van der Waals surface area contributed by atoms with E-state index in [1.807, 2.05) is 12.1 Å². The summed E-state index contributed by atoms with van der Waals surface area (Å²) in [6.07, 6.45) is 7.42. The fourth-order valence-corrected chi connectivity index (χ4v) is 6.21. The Morgan fingerprint density at radius 2 is 2.10 bits per heavy atom. The highest BCUT2D eigenvalue weighted by molar-refractivity contribution is 5.84. The van der Waals surface area contributed by atoms with Crippen LogP contribution in [-0.4, -0.2) is 48.0 Å². The van der Waals surface area contributed by atoms with Gasteiger partial charge in [-0.25, -0.2) is 0 Å². The van der Waals surface area contributed by atoms with Gasteiger partial charge in [0.2, 0.25) is 0 Å². The zero-order chi connectivity index (χ0) is 22.2. The second-order valence-corrected chi connectivity index (χ2v) is 10.3. The highest BCUT2D eigenvalue weighted by atomic mass is 16.5. The Bertz CT molecular complexity index is 833. The van der Waals surface area contributed by atoms with Crippen molar-refractivity contribution in [1.29, 1.82) is 0 Å². The minimum Gasteiger partial charge on any atom is -0.508 e. The van der Waals surface area contributed by atoms with Gasteiger partial charge >= 0.3 is 5.97 Å².